The monoisotopic (exact) mass is 526 g/mol. The van der Waals surface area contributed by atoms with Crippen molar-refractivity contribution in [3.05, 3.63) is 54.4 Å². The van der Waals surface area contributed by atoms with Crippen LogP contribution in [-0.4, -0.2) is 41.6 Å². The summed E-state index contributed by atoms with van der Waals surface area (Å²) in [4.78, 5) is 38.6. The topological polar surface area (TPSA) is 89.9 Å². The van der Waals surface area contributed by atoms with Crippen LogP contribution in [0.4, 0.5) is 4.39 Å². The zero-order valence-corrected chi connectivity index (χ0v) is 22.7. The molecule has 0 radical (unpaired) electrons. The number of aliphatic hydroxyl groups is 1. The molecule has 3 aliphatic rings. The van der Waals surface area contributed by atoms with Gasteiger partial charge < -0.3 is 14.6 Å². The first-order valence-electron chi connectivity index (χ1n) is 13.5. The molecule has 4 rings (SSSR count). The van der Waals surface area contributed by atoms with E-state index in [-0.39, 0.29) is 29.0 Å². The van der Waals surface area contributed by atoms with Crippen LogP contribution in [0.3, 0.4) is 0 Å². The van der Waals surface area contributed by atoms with Gasteiger partial charge in [0.05, 0.1) is 6.10 Å². The Morgan fingerprint density at radius 3 is 2.66 bits per heavy atom. The molecule has 6 nitrogen and oxygen atoms in total. The molecule has 2 bridgehead atoms. The molecule has 1 aromatic rings. The summed E-state index contributed by atoms with van der Waals surface area (Å²) in [6.45, 7) is 11.6. The van der Waals surface area contributed by atoms with Gasteiger partial charge >= 0.3 is 11.9 Å². The Labute approximate surface area is 224 Å². The molecule has 3 fully saturated rings. The molecule has 3 saturated carbocycles. The predicted molar refractivity (Wildman–Crippen MR) is 141 cm³/mol. The van der Waals surface area contributed by atoms with Crippen molar-refractivity contribution in [2.45, 2.75) is 72.0 Å². The van der Waals surface area contributed by atoms with E-state index < -0.39 is 47.4 Å². The van der Waals surface area contributed by atoms with Gasteiger partial charge in [0.2, 0.25) is 0 Å². The van der Waals surface area contributed by atoms with E-state index in [4.69, 9.17) is 9.47 Å². The molecule has 0 spiro atoms. The van der Waals surface area contributed by atoms with Crippen molar-refractivity contribution >= 4 is 23.8 Å². The van der Waals surface area contributed by atoms with Crippen LogP contribution in [0.25, 0.3) is 6.08 Å². The average molecular weight is 527 g/mol. The quantitative estimate of drug-likeness (QED) is 0.308. The Kier molecular flexibility index (Phi) is 7.72. The van der Waals surface area contributed by atoms with Gasteiger partial charge in [0.1, 0.15) is 17.7 Å². The van der Waals surface area contributed by atoms with Gasteiger partial charge in [-0.25, -0.2) is 14.0 Å². The number of rotatable bonds is 6. The van der Waals surface area contributed by atoms with Gasteiger partial charge in [0.15, 0.2) is 6.61 Å². The third-order valence-corrected chi connectivity index (χ3v) is 10.2. The van der Waals surface area contributed by atoms with Gasteiger partial charge in [-0.2, -0.15) is 0 Å². The first-order valence-corrected chi connectivity index (χ1v) is 13.5. The second-order valence-corrected chi connectivity index (χ2v) is 12.1. The lowest BCUT2D eigenvalue weighted by Gasteiger charge is -2.61. The number of benzene rings is 1. The third kappa shape index (κ3) is 4.74. The molecule has 0 aromatic heterocycles. The van der Waals surface area contributed by atoms with Crippen molar-refractivity contribution in [2.24, 2.45) is 34.0 Å². The summed E-state index contributed by atoms with van der Waals surface area (Å²) in [6, 6.07) is 5.74. The fourth-order valence-corrected chi connectivity index (χ4v) is 7.65. The molecule has 1 N–H and O–H groups in total. The number of carbonyl (C=O) groups excluding carboxylic acids is 3. The third-order valence-electron chi connectivity index (χ3n) is 10.2. The van der Waals surface area contributed by atoms with Crippen molar-refractivity contribution in [2.75, 3.05) is 6.61 Å². The Morgan fingerprint density at radius 2 is 1.97 bits per heavy atom. The largest absolute Gasteiger partial charge is 0.459 e. The number of carbonyl (C=O) groups is 3. The summed E-state index contributed by atoms with van der Waals surface area (Å²) in [6.07, 6.45) is 6.05. The van der Waals surface area contributed by atoms with Gasteiger partial charge in [-0.15, -0.1) is 6.58 Å². The fourth-order valence-electron chi connectivity index (χ4n) is 7.65. The van der Waals surface area contributed by atoms with Crippen LogP contribution in [0.2, 0.25) is 0 Å². The molecular weight excluding hydrogens is 487 g/mol. The zero-order valence-electron chi connectivity index (χ0n) is 22.7. The highest BCUT2D eigenvalue weighted by Gasteiger charge is 2.68. The van der Waals surface area contributed by atoms with E-state index in [0.29, 0.717) is 18.4 Å². The lowest BCUT2D eigenvalue weighted by molar-refractivity contribution is -0.208. The van der Waals surface area contributed by atoms with Gasteiger partial charge in [0, 0.05) is 29.2 Å². The first kappa shape index (κ1) is 28.2. The van der Waals surface area contributed by atoms with Crippen LogP contribution >= 0.6 is 0 Å². The number of hydrogen-bond acceptors (Lipinski definition) is 6. The van der Waals surface area contributed by atoms with Crippen molar-refractivity contribution in [1.82, 2.24) is 0 Å². The molecule has 0 saturated heterocycles. The molecule has 7 heteroatoms. The standard InChI is InChI=1S/C31H39FO6/c1-6-29(4)17-24(38-26(35)18-37-25(34)11-10-21-8-7-9-22(32)16-21)30(5)19(2)12-14-31(20(3)28(29)36)15-13-23(33)27(30)31/h6-11,16,19-20,24,27-28,36H,1,12-15,17-18H2,2-5H3/b11-10+/t19-,20+,24-,27+,28+,29-,30+,31+/m1/s1. The summed E-state index contributed by atoms with van der Waals surface area (Å²) in [5.41, 5.74) is -1.25. The van der Waals surface area contributed by atoms with Gasteiger partial charge in [0.25, 0.3) is 0 Å². The van der Waals surface area contributed by atoms with Crippen LogP contribution in [0.1, 0.15) is 65.4 Å². The molecule has 0 heterocycles. The summed E-state index contributed by atoms with van der Waals surface area (Å²) < 4.78 is 24.5. The maximum absolute atomic E-state index is 13.4. The number of esters is 2. The maximum atomic E-state index is 13.4. The van der Waals surface area contributed by atoms with Crippen LogP contribution in [0.5, 0.6) is 0 Å². The summed E-state index contributed by atoms with van der Waals surface area (Å²) in [7, 11) is 0. The minimum absolute atomic E-state index is 0.105. The number of ketones is 1. The molecule has 8 atom stereocenters. The van der Waals surface area contributed by atoms with E-state index in [0.717, 1.165) is 25.3 Å². The molecule has 0 amide bonds. The Hall–Kier alpha value is -2.80. The summed E-state index contributed by atoms with van der Waals surface area (Å²) >= 11 is 0. The molecule has 0 unspecified atom stereocenters. The lowest BCUT2D eigenvalue weighted by atomic mass is 9.44. The van der Waals surface area contributed by atoms with Crippen LogP contribution in [0.15, 0.2) is 43.0 Å². The lowest BCUT2D eigenvalue weighted by Crippen LogP contribution is -2.63. The van der Waals surface area contributed by atoms with E-state index in [1.807, 2.05) is 6.92 Å². The zero-order chi connectivity index (χ0) is 27.9. The van der Waals surface area contributed by atoms with Crippen molar-refractivity contribution in [3.8, 4) is 0 Å². The van der Waals surface area contributed by atoms with Crippen LogP contribution < -0.4 is 0 Å². The number of ether oxygens (including phenoxy) is 2. The van der Waals surface area contributed by atoms with Crippen molar-refractivity contribution < 1.29 is 33.4 Å². The molecule has 1 aromatic carbocycles. The summed E-state index contributed by atoms with van der Waals surface area (Å²) in [5.74, 6) is -2.06. The number of halogens is 1. The van der Waals surface area contributed by atoms with Crippen molar-refractivity contribution in [3.63, 3.8) is 0 Å². The molecule has 3 aliphatic carbocycles. The smallest absolute Gasteiger partial charge is 0.344 e. The van der Waals surface area contributed by atoms with E-state index >= 15 is 0 Å². The highest BCUT2D eigenvalue weighted by atomic mass is 19.1. The second kappa shape index (κ2) is 10.4. The maximum Gasteiger partial charge on any atom is 0.344 e. The molecule has 38 heavy (non-hydrogen) atoms. The van der Waals surface area contributed by atoms with Crippen LogP contribution in [0, 0.1) is 39.8 Å². The average Bonchev–Trinajstić information content (AvgIpc) is 3.24. The van der Waals surface area contributed by atoms with Crippen LogP contribution in [-0.2, 0) is 23.9 Å². The number of hydrogen-bond donors (Lipinski definition) is 1. The SMILES string of the molecule is C=C[C@]1(C)C[C@@H](OC(=O)COC(=O)/C=C/c2cccc(F)c2)[C@]2(C)[C@H](C)CC[C@]3(CCC(=O)[C@H]32)[C@@H](C)[C@@H]1O. The highest BCUT2D eigenvalue weighted by Crippen LogP contribution is 2.67. The first-order chi connectivity index (χ1) is 17.9. The van der Waals surface area contributed by atoms with Gasteiger partial charge in [-0.3, -0.25) is 4.79 Å². The summed E-state index contributed by atoms with van der Waals surface area (Å²) in [5, 5.41) is 11.6. The minimum Gasteiger partial charge on any atom is -0.459 e. The predicted octanol–water partition coefficient (Wildman–Crippen LogP) is 5.29. The number of Topliss-reactive ketones (excluding diaryl/α,β-unsaturated/α-hetero) is 1. The molecule has 0 aliphatic heterocycles. The van der Waals surface area contributed by atoms with E-state index in [1.165, 1.54) is 24.3 Å². The normalized spacial score (nSPS) is 38.7. The number of aliphatic hydroxyl groups excluding tert-OH is 1. The minimum atomic E-state index is -0.758. The Balaban J connectivity index is 1.56. The van der Waals surface area contributed by atoms with Gasteiger partial charge in [-0.1, -0.05) is 45.9 Å². The Bertz CT molecular complexity index is 1140. The molecule has 206 valence electrons. The van der Waals surface area contributed by atoms with Crippen molar-refractivity contribution in [1.29, 1.82) is 0 Å². The fraction of sp³-hybridized carbons (Fsp3) is 0.581. The van der Waals surface area contributed by atoms with E-state index in [2.05, 4.69) is 27.4 Å². The van der Waals surface area contributed by atoms with E-state index in [9.17, 15) is 23.9 Å². The second-order valence-electron chi connectivity index (χ2n) is 12.1. The highest BCUT2D eigenvalue weighted by molar-refractivity contribution is 5.88. The Morgan fingerprint density at radius 1 is 1.24 bits per heavy atom. The molecular formula is C31H39FO6. The van der Waals surface area contributed by atoms with Gasteiger partial charge in [-0.05, 0) is 66.7 Å². The van der Waals surface area contributed by atoms with E-state index in [1.54, 1.807) is 12.1 Å².